The van der Waals surface area contributed by atoms with Gasteiger partial charge in [-0.2, -0.15) is 13.2 Å². The lowest BCUT2D eigenvalue weighted by Gasteiger charge is -2.07. The molecule has 0 bridgehead atoms. The highest BCUT2D eigenvalue weighted by Gasteiger charge is 2.30. The summed E-state index contributed by atoms with van der Waals surface area (Å²) in [5, 5.41) is 0.650. The van der Waals surface area contributed by atoms with E-state index in [2.05, 4.69) is 0 Å². The second-order valence-electron chi connectivity index (χ2n) is 4.21. The summed E-state index contributed by atoms with van der Waals surface area (Å²) in [5.41, 5.74) is 6.59. The molecule has 0 saturated heterocycles. The van der Waals surface area contributed by atoms with Crippen molar-refractivity contribution in [3.63, 3.8) is 0 Å². The van der Waals surface area contributed by atoms with Crippen LogP contribution in [0.4, 0.5) is 13.2 Å². The fourth-order valence-electron chi connectivity index (χ4n) is 2.16. The van der Waals surface area contributed by atoms with Gasteiger partial charge in [0.05, 0.1) is 5.56 Å². The van der Waals surface area contributed by atoms with Crippen LogP contribution < -0.4 is 5.73 Å². The first kappa shape index (κ1) is 13.0. The van der Waals surface area contributed by atoms with E-state index in [0.29, 0.717) is 18.4 Å². The minimum Gasteiger partial charge on any atom is -0.347 e. The lowest BCUT2D eigenvalue weighted by molar-refractivity contribution is -0.137. The van der Waals surface area contributed by atoms with Crippen molar-refractivity contribution >= 4 is 10.9 Å². The molecule has 2 N–H and O–H groups in total. The summed E-state index contributed by atoms with van der Waals surface area (Å²) in [7, 11) is 0. The third-order valence-corrected chi connectivity index (χ3v) is 3.05. The summed E-state index contributed by atoms with van der Waals surface area (Å²) in [6, 6.07) is 3.87. The highest BCUT2D eigenvalue weighted by Crippen LogP contribution is 2.33. The molecule has 1 aromatic carbocycles. The first-order valence-corrected chi connectivity index (χ1v) is 5.86. The fourth-order valence-corrected chi connectivity index (χ4v) is 2.16. The molecule has 1 aromatic heterocycles. The Hall–Kier alpha value is -1.49. The highest BCUT2D eigenvalue weighted by atomic mass is 19.4. The number of halogens is 3. The molecule has 18 heavy (non-hydrogen) atoms. The molecule has 0 amide bonds. The molecule has 0 radical (unpaired) electrons. The number of hydrogen-bond acceptors (Lipinski definition) is 1. The Morgan fingerprint density at radius 3 is 2.56 bits per heavy atom. The SMILES string of the molecule is CCn1cc(CCN)c2cc(C(F)(F)F)ccc21. The van der Waals surface area contributed by atoms with Crippen LogP contribution in [0.3, 0.4) is 0 Å². The molecule has 0 unspecified atom stereocenters. The lowest BCUT2D eigenvalue weighted by atomic mass is 10.1. The van der Waals surface area contributed by atoms with Crippen LogP contribution in [0.15, 0.2) is 24.4 Å². The normalized spacial score (nSPS) is 12.3. The van der Waals surface area contributed by atoms with Crippen LogP contribution in [-0.2, 0) is 19.1 Å². The van der Waals surface area contributed by atoms with Gasteiger partial charge in [-0.05, 0) is 43.7 Å². The molecule has 0 aliphatic carbocycles. The molecule has 2 nitrogen and oxygen atoms in total. The van der Waals surface area contributed by atoms with Gasteiger partial charge in [0.25, 0.3) is 0 Å². The van der Waals surface area contributed by atoms with Crippen LogP contribution in [0.1, 0.15) is 18.1 Å². The molecule has 5 heteroatoms. The molecule has 0 spiro atoms. The van der Waals surface area contributed by atoms with Gasteiger partial charge in [0.2, 0.25) is 0 Å². The predicted molar refractivity (Wildman–Crippen MR) is 65.4 cm³/mol. The van der Waals surface area contributed by atoms with Crippen molar-refractivity contribution in [3.05, 3.63) is 35.5 Å². The standard InChI is InChI=1S/C13H15F3N2/c1-2-18-8-9(5-6-17)11-7-10(13(14,15)16)3-4-12(11)18/h3-4,7-8H,2,5-6,17H2,1H3. The molecule has 0 aliphatic rings. The van der Waals surface area contributed by atoms with Crippen molar-refractivity contribution in [1.29, 1.82) is 0 Å². The van der Waals surface area contributed by atoms with Crippen molar-refractivity contribution < 1.29 is 13.2 Å². The van der Waals surface area contributed by atoms with Crippen LogP contribution >= 0.6 is 0 Å². The molecule has 1 heterocycles. The number of aromatic nitrogens is 1. The molecular weight excluding hydrogens is 241 g/mol. The van der Waals surface area contributed by atoms with Crippen LogP contribution in [0.5, 0.6) is 0 Å². The monoisotopic (exact) mass is 256 g/mol. The van der Waals surface area contributed by atoms with Gasteiger partial charge in [0, 0.05) is 23.6 Å². The van der Waals surface area contributed by atoms with Gasteiger partial charge >= 0.3 is 6.18 Å². The Bertz CT molecular complexity index is 555. The zero-order valence-electron chi connectivity index (χ0n) is 10.1. The largest absolute Gasteiger partial charge is 0.416 e. The van der Waals surface area contributed by atoms with E-state index in [1.54, 1.807) is 0 Å². The zero-order chi connectivity index (χ0) is 13.3. The second kappa shape index (κ2) is 4.65. The molecule has 0 saturated carbocycles. The summed E-state index contributed by atoms with van der Waals surface area (Å²) in [6.07, 6.45) is -1.83. The van der Waals surface area contributed by atoms with Crippen LogP contribution in [-0.4, -0.2) is 11.1 Å². The van der Waals surface area contributed by atoms with Gasteiger partial charge in [0.1, 0.15) is 0 Å². The van der Waals surface area contributed by atoms with Crippen molar-refractivity contribution in [2.45, 2.75) is 26.1 Å². The Kier molecular flexibility index (Phi) is 3.34. The molecule has 0 fully saturated rings. The average molecular weight is 256 g/mol. The number of hydrogen-bond donors (Lipinski definition) is 1. The van der Waals surface area contributed by atoms with E-state index in [1.807, 2.05) is 17.7 Å². The third kappa shape index (κ3) is 2.22. The maximum absolute atomic E-state index is 12.7. The predicted octanol–water partition coefficient (Wildman–Crippen LogP) is 3.18. The Labute approximate surface area is 103 Å². The van der Waals surface area contributed by atoms with Gasteiger partial charge < -0.3 is 10.3 Å². The van der Waals surface area contributed by atoms with Crippen molar-refractivity contribution in [1.82, 2.24) is 4.57 Å². The number of nitrogens with zero attached hydrogens (tertiary/aromatic N) is 1. The van der Waals surface area contributed by atoms with E-state index in [-0.39, 0.29) is 0 Å². The topological polar surface area (TPSA) is 30.9 Å². The molecule has 2 aromatic rings. The third-order valence-electron chi connectivity index (χ3n) is 3.05. The van der Waals surface area contributed by atoms with Gasteiger partial charge in [-0.3, -0.25) is 0 Å². The minimum atomic E-state index is -4.30. The smallest absolute Gasteiger partial charge is 0.347 e. The fraction of sp³-hybridized carbons (Fsp3) is 0.385. The number of alkyl halides is 3. The summed E-state index contributed by atoms with van der Waals surface area (Å²) in [5.74, 6) is 0. The Morgan fingerprint density at radius 2 is 2.00 bits per heavy atom. The first-order chi connectivity index (χ1) is 8.47. The number of fused-ring (bicyclic) bond motifs is 1. The minimum absolute atomic E-state index is 0.430. The average Bonchev–Trinajstić information content (AvgIpc) is 2.66. The quantitative estimate of drug-likeness (QED) is 0.898. The van der Waals surface area contributed by atoms with E-state index in [0.717, 1.165) is 23.7 Å². The van der Waals surface area contributed by atoms with Crippen LogP contribution in [0.25, 0.3) is 10.9 Å². The molecule has 2 rings (SSSR count). The van der Waals surface area contributed by atoms with E-state index in [9.17, 15) is 13.2 Å². The molecular formula is C13H15F3N2. The van der Waals surface area contributed by atoms with Crippen molar-refractivity contribution in [3.8, 4) is 0 Å². The van der Waals surface area contributed by atoms with Gasteiger partial charge in [0.15, 0.2) is 0 Å². The Balaban J connectivity index is 2.63. The summed E-state index contributed by atoms with van der Waals surface area (Å²) in [4.78, 5) is 0. The van der Waals surface area contributed by atoms with Crippen molar-refractivity contribution in [2.24, 2.45) is 5.73 Å². The summed E-state index contributed by atoms with van der Waals surface area (Å²) < 4.78 is 40.0. The van der Waals surface area contributed by atoms with E-state index >= 15 is 0 Å². The van der Waals surface area contributed by atoms with E-state index in [1.165, 1.54) is 12.1 Å². The number of aryl methyl sites for hydroxylation is 1. The zero-order valence-corrected chi connectivity index (χ0v) is 10.1. The summed E-state index contributed by atoms with van der Waals surface area (Å²) >= 11 is 0. The maximum Gasteiger partial charge on any atom is 0.416 e. The highest BCUT2D eigenvalue weighted by molar-refractivity contribution is 5.85. The first-order valence-electron chi connectivity index (χ1n) is 5.86. The Morgan fingerprint density at radius 1 is 1.28 bits per heavy atom. The van der Waals surface area contributed by atoms with E-state index < -0.39 is 11.7 Å². The summed E-state index contributed by atoms with van der Waals surface area (Å²) in [6.45, 7) is 3.12. The van der Waals surface area contributed by atoms with Gasteiger partial charge in [-0.15, -0.1) is 0 Å². The number of nitrogens with two attached hydrogens (primary N) is 1. The lowest BCUT2D eigenvalue weighted by Crippen LogP contribution is -2.05. The van der Waals surface area contributed by atoms with Crippen LogP contribution in [0, 0.1) is 0 Å². The second-order valence-corrected chi connectivity index (χ2v) is 4.21. The molecule has 98 valence electrons. The van der Waals surface area contributed by atoms with Gasteiger partial charge in [-0.1, -0.05) is 0 Å². The number of benzene rings is 1. The molecule has 0 aliphatic heterocycles. The van der Waals surface area contributed by atoms with Crippen LogP contribution in [0.2, 0.25) is 0 Å². The van der Waals surface area contributed by atoms with Gasteiger partial charge in [-0.25, -0.2) is 0 Å². The van der Waals surface area contributed by atoms with Crippen molar-refractivity contribution in [2.75, 3.05) is 6.54 Å². The molecule has 0 atom stereocenters. The van der Waals surface area contributed by atoms with E-state index in [4.69, 9.17) is 5.73 Å². The maximum atomic E-state index is 12.7. The number of rotatable bonds is 3.